The molecule has 0 saturated carbocycles. The van der Waals surface area contributed by atoms with Crippen LogP contribution >= 0.6 is 0 Å². The smallest absolute Gasteiger partial charge is 0.164 e. The van der Waals surface area contributed by atoms with Crippen LogP contribution in [0.2, 0.25) is 0 Å². The highest BCUT2D eigenvalue weighted by Gasteiger charge is 2.21. The molecule has 1 aliphatic carbocycles. The van der Waals surface area contributed by atoms with Crippen LogP contribution < -0.4 is 0 Å². The Kier molecular flexibility index (Phi) is 6.91. The normalized spacial score (nSPS) is 12.5. The molecule has 0 saturated heterocycles. The third-order valence-corrected chi connectivity index (χ3v) is 9.95. The first kappa shape index (κ1) is 29.3. The molecule has 0 fully saturated rings. The number of nitrogens with zero attached hydrogens (tertiary/aromatic N) is 3. The predicted molar refractivity (Wildman–Crippen MR) is 209 cm³/mol. The average Bonchev–Trinajstić information content (AvgIpc) is 3.58. The summed E-state index contributed by atoms with van der Waals surface area (Å²) in [5, 5.41) is 5.86. The Hall–Kier alpha value is -6.65. The van der Waals surface area contributed by atoms with E-state index in [-0.39, 0.29) is 0 Å². The molecule has 51 heavy (non-hydrogen) atoms. The highest BCUT2D eigenvalue weighted by molar-refractivity contribution is 6.13. The summed E-state index contributed by atoms with van der Waals surface area (Å²) in [4.78, 5) is 15.2. The zero-order chi connectivity index (χ0) is 33.7. The molecule has 0 bridgehead atoms. The molecule has 2 aromatic heterocycles. The molecule has 4 heteroatoms. The van der Waals surface area contributed by atoms with Gasteiger partial charge in [-0.15, -0.1) is 0 Å². The summed E-state index contributed by atoms with van der Waals surface area (Å²) in [6.45, 7) is 0. The van der Waals surface area contributed by atoms with Gasteiger partial charge in [0.05, 0.1) is 0 Å². The van der Waals surface area contributed by atoms with E-state index in [1.54, 1.807) is 0 Å². The number of aryl methyl sites for hydroxylation is 1. The first-order valence-corrected chi connectivity index (χ1v) is 17.4. The molecule has 0 spiro atoms. The van der Waals surface area contributed by atoms with Gasteiger partial charge < -0.3 is 4.42 Å². The minimum Gasteiger partial charge on any atom is -0.460 e. The Bertz CT molecular complexity index is 2720. The Morgan fingerprint density at radius 3 is 1.71 bits per heavy atom. The van der Waals surface area contributed by atoms with Crippen molar-refractivity contribution in [1.82, 2.24) is 15.0 Å². The van der Waals surface area contributed by atoms with E-state index in [1.165, 1.54) is 21.7 Å². The fourth-order valence-electron chi connectivity index (χ4n) is 7.44. The summed E-state index contributed by atoms with van der Waals surface area (Å²) in [5.74, 6) is 3.00. The summed E-state index contributed by atoms with van der Waals surface area (Å²) in [5.41, 5.74) is 9.41. The second-order valence-corrected chi connectivity index (χ2v) is 13.1. The summed E-state index contributed by atoms with van der Waals surface area (Å²) in [6.07, 6.45) is 6.40. The van der Waals surface area contributed by atoms with Crippen molar-refractivity contribution in [3.63, 3.8) is 0 Å². The second-order valence-electron chi connectivity index (χ2n) is 13.1. The van der Waals surface area contributed by atoms with Gasteiger partial charge in [-0.3, -0.25) is 0 Å². The number of fused-ring (bicyclic) bond motifs is 5. The summed E-state index contributed by atoms with van der Waals surface area (Å²) in [6, 6.07) is 53.0. The molecule has 0 N–H and O–H groups in total. The molecule has 0 unspecified atom stereocenters. The first-order chi connectivity index (χ1) is 25.3. The van der Waals surface area contributed by atoms with E-state index in [0.717, 1.165) is 73.9 Å². The third kappa shape index (κ3) is 5.12. The maximum Gasteiger partial charge on any atom is 0.164 e. The van der Waals surface area contributed by atoms with E-state index >= 15 is 0 Å². The number of benzene rings is 7. The van der Waals surface area contributed by atoms with Crippen molar-refractivity contribution in [3.05, 3.63) is 169 Å². The number of rotatable bonds is 5. The second kappa shape index (κ2) is 12.0. The van der Waals surface area contributed by atoms with Gasteiger partial charge in [0.1, 0.15) is 11.3 Å². The fraction of sp³-hybridized carbons (Fsp3) is 0.0426. The zero-order valence-corrected chi connectivity index (χ0v) is 27.8. The Labute approximate surface area is 295 Å². The summed E-state index contributed by atoms with van der Waals surface area (Å²) in [7, 11) is 0. The minimum absolute atomic E-state index is 0.637. The van der Waals surface area contributed by atoms with E-state index in [9.17, 15) is 0 Å². The zero-order valence-electron chi connectivity index (χ0n) is 27.8. The van der Waals surface area contributed by atoms with Crippen molar-refractivity contribution in [2.24, 2.45) is 0 Å². The van der Waals surface area contributed by atoms with E-state index in [0.29, 0.717) is 17.5 Å². The molecule has 0 aliphatic heterocycles. The van der Waals surface area contributed by atoms with Gasteiger partial charge in [-0.1, -0.05) is 146 Å². The SMILES string of the molecule is C1=Cc2c(oc3c(-c4ccc(-c5cc6ccccc6cc5-c5nc(-c6ccccc6)nc(-c6ccccc6)n5)cc4)c4ccccc4cc23)CC1. The average molecular weight is 654 g/mol. The van der Waals surface area contributed by atoms with Crippen LogP contribution in [0.25, 0.3) is 95.0 Å². The van der Waals surface area contributed by atoms with Gasteiger partial charge in [0.2, 0.25) is 0 Å². The van der Waals surface area contributed by atoms with Crippen molar-refractivity contribution in [2.45, 2.75) is 12.8 Å². The number of allylic oxidation sites excluding steroid dienone is 1. The van der Waals surface area contributed by atoms with E-state index in [1.807, 2.05) is 60.7 Å². The van der Waals surface area contributed by atoms with Crippen molar-refractivity contribution < 1.29 is 4.42 Å². The molecule has 4 nitrogen and oxygen atoms in total. The van der Waals surface area contributed by atoms with Crippen molar-refractivity contribution in [3.8, 4) is 56.4 Å². The van der Waals surface area contributed by atoms with Gasteiger partial charge in [-0.2, -0.15) is 0 Å². The topological polar surface area (TPSA) is 51.8 Å². The van der Waals surface area contributed by atoms with Crippen LogP contribution in [0.4, 0.5) is 0 Å². The van der Waals surface area contributed by atoms with Crippen LogP contribution in [-0.2, 0) is 6.42 Å². The van der Waals surface area contributed by atoms with Gasteiger partial charge in [-0.25, -0.2) is 15.0 Å². The van der Waals surface area contributed by atoms with Crippen molar-refractivity contribution in [2.75, 3.05) is 0 Å². The number of hydrogen-bond donors (Lipinski definition) is 0. The standard InChI is InChI=1S/C47H31N3O/c1-3-13-32(14-4-1)45-48-46(33-15-5-2-6-16-33)50-47(49-45)41-28-35-18-8-7-17-34(35)27-39(41)30-23-25-31(26-24-30)43-37-20-10-9-19-36(37)29-40-38-21-11-12-22-42(38)51-44(40)43/h1-11,13-21,23-29H,12,22H2. The van der Waals surface area contributed by atoms with Gasteiger partial charge in [0.15, 0.2) is 17.5 Å². The van der Waals surface area contributed by atoms with Crippen LogP contribution in [0.5, 0.6) is 0 Å². The number of aromatic nitrogens is 3. The molecular formula is C47H31N3O. The molecule has 0 amide bonds. The lowest BCUT2D eigenvalue weighted by molar-refractivity contribution is 0.547. The van der Waals surface area contributed by atoms with Crippen LogP contribution in [0.3, 0.4) is 0 Å². The first-order valence-electron chi connectivity index (χ1n) is 17.4. The number of furan rings is 1. The van der Waals surface area contributed by atoms with Gasteiger partial charge >= 0.3 is 0 Å². The maximum absolute atomic E-state index is 6.65. The van der Waals surface area contributed by atoms with Gasteiger partial charge in [0, 0.05) is 39.6 Å². The fourth-order valence-corrected chi connectivity index (χ4v) is 7.44. The highest BCUT2D eigenvalue weighted by Crippen LogP contribution is 2.43. The Morgan fingerprint density at radius 2 is 1.02 bits per heavy atom. The van der Waals surface area contributed by atoms with Crippen LogP contribution in [0.1, 0.15) is 17.7 Å². The lowest BCUT2D eigenvalue weighted by atomic mass is 9.91. The molecule has 240 valence electrons. The monoisotopic (exact) mass is 653 g/mol. The Morgan fingerprint density at radius 1 is 0.451 bits per heavy atom. The van der Waals surface area contributed by atoms with E-state index in [4.69, 9.17) is 19.4 Å². The molecule has 2 heterocycles. The third-order valence-electron chi connectivity index (χ3n) is 9.95. The summed E-state index contributed by atoms with van der Waals surface area (Å²) < 4.78 is 6.65. The lowest BCUT2D eigenvalue weighted by Crippen LogP contribution is -2.01. The van der Waals surface area contributed by atoms with Gasteiger partial charge in [-0.05, 0) is 62.9 Å². The van der Waals surface area contributed by atoms with Crippen molar-refractivity contribution in [1.29, 1.82) is 0 Å². The van der Waals surface area contributed by atoms with Crippen molar-refractivity contribution >= 4 is 38.6 Å². The van der Waals surface area contributed by atoms with Gasteiger partial charge in [0.25, 0.3) is 0 Å². The largest absolute Gasteiger partial charge is 0.460 e. The maximum atomic E-state index is 6.65. The number of hydrogen-bond acceptors (Lipinski definition) is 4. The molecular weight excluding hydrogens is 623 g/mol. The summed E-state index contributed by atoms with van der Waals surface area (Å²) >= 11 is 0. The van der Waals surface area contributed by atoms with E-state index in [2.05, 4.69) is 103 Å². The van der Waals surface area contributed by atoms with Crippen LogP contribution in [-0.4, -0.2) is 15.0 Å². The Balaban J connectivity index is 1.17. The molecule has 0 radical (unpaired) electrons. The molecule has 9 aromatic rings. The lowest BCUT2D eigenvalue weighted by Gasteiger charge is -2.14. The molecule has 7 aromatic carbocycles. The molecule has 0 atom stereocenters. The molecule has 10 rings (SSSR count). The minimum atomic E-state index is 0.637. The van der Waals surface area contributed by atoms with Crippen LogP contribution in [0.15, 0.2) is 162 Å². The van der Waals surface area contributed by atoms with E-state index < -0.39 is 0 Å². The highest BCUT2D eigenvalue weighted by atomic mass is 16.3. The predicted octanol–water partition coefficient (Wildman–Crippen LogP) is 12.2. The quantitative estimate of drug-likeness (QED) is 0.185. The van der Waals surface area contributed by atoms with Crippen LogP contribution in [0, 0.1) is 0 Å². The molecule has 1 aliphatic rings.